The van der Waals surface area contributed by atoms with E-state index in [4.69, 9.17) is 11.6 Å². The maximum atomic E-state index is 11.5. The highest BCUT2D eigenvalue weighted by Gasteiger charge is 2.10. The lowest BCUT2D eigenvalue weighted by Crippen LogP contribution is -2.18. The van der Waals surface area contributed by atoms with Crippen LogP contribution >= 0.6 is 11.6 Å². The Morgan fingerprint density at radius 1 is 1.56 bits per heavy atom. The predicted molar refractivity (Wildman–Crippen MR) is 63.9 cm³/mol. The number of carbonyl (C=O) groups excluding carboxylic acids is 1. The van der Waals surface area contributed by atoms with Gasteiger partial charge in [0.1, 0.15) is 5.75 Å². The highest BCUT2D eigenvalue weighted by atomic mass is 35.5. The highest BCUT2D eigenvalue weighted by molar-refractivity contribution is 6.30. The summed E-state index contributed by atoms with van der Waals surface area (Å²) in [7, 11) is 0. The van der Waals surface area contributed by atoms with Crippen LogP contribution in [0.25, 0.3) is 0 Å². The number of aromatic hydroxyl groups is 1. The first-order valence-corrected chi connectivity index (χ1v) is 5.20. The topological polar surface area (TPSA) is 61.7 Å². The molecule has 0 heterocycles. The van der Waals surface area contributed by atoms with Gasteiger partial charge in [0.25, 0.3) is 5.91 Å². The van der Waals surface area contributed by atoms with Gasteiger partial charge in [-0.2, -0.15) is 5.10 Å². The summed E-state index contributed by atoms with van der Waals surface area (Å²) in [4.78, 5) is 11.5. The summed E-state index contributed by atoms with van der Waals surface area (Å²) in [6, 6.07) is 4.28. The first-order chi connectivity index (χ1) is 7.50. The SMILES string of the molecule is CC(C)/C=N/NC(=O)c1ccc(Cl)cc1O. The lowest BCUT2D eigenvalue weighted by molar-refractivity contribution is 0.0952. The standard InChI is InChI=1S/C11H13ClN2O2/c1-7(2)6-13-14-11(16)9-4-3-8(12)5-10(9)15/h3-7,15H,1-2H3,(H,14,16)/b13-6+. The van der Waals surface area contributed by atoms with Crippen molar-refractivity contribution in [1.29, 1.82) is 0 Å². The summed E-state index contributed by atoms with van der Waals surface area (Å²) in [5.41, 5.74) is 2.46. The number of nitrogens with zero attached hydrogens (tertiary/aromatic N) is 1. The van der Waals surface area contributed by atoms with Crippen molar-refractivity contribution in [2.75, 3.05) is 0 Å². The van der Waals surface area contributed by atoms with Gasteiger partial charge in [0, 0.05) is 11.2 Å². The van der Waals surface area contributed by atoms with Crippen molar-refractivity contribution >= 4 is 23.7 Å². The third-order valence-corrected chi connectivity index (χ3v) is 1.98. The molecule has 1 aromatic carbocycles. The summed E-state index contributed by atoms with van der Waals surface area (Å²) in [5, 5.41) is 13.6. The molecule has 1 amide bonds. The van der Waals surface area contributed by atoms with Gasteiger partial charge >= 0.3 is 0 Å². The minimum absolute atomic E-state index is 0.144. The summed E-state index contributed by atoms with van der Waals surface area (Å²) in [5.74, 6) is -0.380. The number of phenols is 1. The Hall–Kier alpha value is -1.55. The van der Waals surface area contributed by atoms with E-state index in [0.29, 0.717) is 5.02 Å². The molecule has 0 saturated heterocycles. The molecule has 5 heteroatoms. The Kier molecular flexibility index (Phi) is 4.31. The van der Waals surface area contributed by atoms with Crippen LogP contribution in [0.1, 0.15) is 24.2 Å². The molecule has 16 heavy (non-hydrogen) atoms. The van der Waals surface area contributed by atoms with Crippen molar-refractivity contribution in [2.45, 2.75) is 13.8 Å². The Bertz CT molecular complexity index is 416. The fourth-order valence-electron chi connectivity index (χ4n) is 1.00. The lowest BCUT2D eigenvalue weighted by atomic mass is 10.2. The zero-order valence-corrected chi connectivity index (χ0v) is 9.82. The first-order valence-electron chi connectivity index (χ1n) is 4.82. The molecule has 0 saturated carbocycles. The molecule has 4 nitrogen and oxygen atoms in total. The fourth-order valence-corrected chi connectivity index (χ4v) is 1.17. The van der Waals surface area contributed by atoms with Crippen LogP contribution in [0.3, 0.4) is 0 Å². The minimum Gasteiger partial charge on any atom is -0.507 e. The predicted octanol–water partition coefficient (Wildman–Crippen LogP) is 2.42. The number of benzene rings is 1. The second-order valence-corrected chi connectivity index (χ2v) is 4.06. The van der Waals surface area contributed by atoms with E-state index in [2.05, 4.69) is 10.5 Å². The van der Waals surface area contributed by atoms with Gasteiger partial charge in [-0.3, -0.25) is 4.79 Å². The number of phenolic OH excluding ortho intramolecular Hbond substituents is 1. The lowest BCUT2D eigenvalue weighted by Gasteiger charge is -2.03. The van der Waals surface area contributed by atoms with Crippen molar-refractivity contribution in [3.63, 3.8) is 0 Å². The molecule has 0 unspecified atom stereocenters. The molecule has 1 rings (SSSR count). The van der Waals surface area contributed by atoms with Crippen LogP contribution < -0.4 is 5.43 Å². The molecule has 0 aliphatic rings. The van der Waals surface area contributed by atoms with E-state index in [0.717, 1.165) is 0 Å². The largest absolute Gasteiger partial charge is 0.507 e. The molecule has 1 aromatic rings. The normalized spacial score (nSPS) is 11.0. The number of hydrazone groups is 1. The molecule has 86 valence electrons. The number of carbonyl (C=O) groups is 1. The van der Waals surface area contributed by atoms with E-state index in [1.54, 1.807) is 6.21 Å². The smallest absolute Gasteiger partial charge is 0.275 e. The maximum absolute atomic E-state index is 11.5. The number of halogens is 1. The van der Waals surface area contributed by atoms with E-state index >= 15 is 0 Å². The molecule has 0 atom stereocenters. The molecule has 0 aliphatic heterocycles. The molecule has 0 aromatic heterocycles. The van der Waals surface area contributed by atoms with E-state index in [-0.39, 0.29) is 17.2 Å². The zero-order chi connectivity index (χ0) is 12.1. The Morgan fingerprint density at radius 2 is 2.25 bits per heavy atom. The molecule has 2 N–H and O–H groups in total. The number of hydrogen-bond acceptors (Lipinski definition) is 3. The Balaban J connectivity index is 2.74. The van der Waals surface area contributed by atoms with E-state index in [9.17, 15) is 9.90 Å². The molecule has 0 bridgehead atoms. The van der Waals surface area contributed by atoms with Gasteiger partial charge in [-0.05, 0) is 24.1 Å². The first kappa shape index (κ1) is 12.5. The third kappa shape index (κ3) is 3.55. The fraction of sp³-hybridized carbons (Fsp3) is 0.273. The van der Waals surface area contributed by atoms with Crippen molar-refractivity contribution in [2.24, 2.45) is 11.0 Å². The number of nitrogens with one attached hydrogen (secondary N) is 1. The second kappa shape index (κ2) is 5.51. The van der Waals surface area contributed by atoms with Crippen molar-refractivity contribution in [1.82, 2.24) is 5.43 Å². The summed E-state index contributed by atoms with van der Waals surface area (Å²) < 4.78 is 0. The average molecular weight is 241 g/mol. The van der Waals surface area contributed by atoms with Gasteiger partial charge in [-0.15, -0.1) is 0 Å². The van der Waals surface area contributed by atoms with Crippen molar-refractivity contribution in [3.8, 4) is 5.75 Å². The van der Waals surface area contributed by atoms with Crippen LogP contribution in [0.15, 0.2) is 23.3 Å². The van der Waals surface area contributed by atoms with Gasteiger partial charge in [-0.1, -0.05) is 25.4 Å². The van der Waals surface area contributed by atoms with Crippen LogP contribution in [0.5, 0.6) is 5.75 Å². The molecule has 0 radical (unpaired) electrons. The van der Waals surface area contributed by atoms with Gasteiger partial charge in [-0.25, -0.2) is 5.43 Å². The number of amides is 1. The minimum atomic E-state index is -0.467. The van der Waals surface area contributed by atoms with Gasteiger partial charge < -0.3 is 5.11 Å². The summed E-state index contributed by atoms with van der Waals surface area (Å²) in [6.45, 7) is 3.88. The molecular weight excluding hydrogens is 228 g/mol. The van der Waals surface area contributed by atoms with E-state index < -0.39 is 5.91 Å². The monoisotopic (exact) mass is 240 g/mol. The summed E-state index contributed by atoms with van der Waals surface area (Å²) in [6.07, 6.45) is 1.60. The second-order valence-electron chi connectivity index (χ2n) is 3.62. The van der Waals surface area contributed by atoms with E-state index in [1.165, 1.54) is 18.2 Å². The maximum Gasteiger partial charge on any atom is 0.275 e. The van der Waals surface area contributed by atoms with Gasteiger partial charge in [0.05, 0.1) is 5.56 Å². The highest BCUT2D eigenvalue weighted by Crippen LogP contribution is 2.21. The molecule has 0 spiro atoms. The van der Waals surface area contributed by atoms with Crippen molar-refractivity contribution in [3.05, 3.63) is 28.8 Å². The number of rotatable bonds is 3. The van der Waals surface area contributed by atoms with Crippen molar-refractivity contribution < 1.29 is 9.90 Å². The summed E-state index contributed by atoms with van der Waals surface area (Å²) >= 11 is 5.65. The molecular formula is C11H13ClN2O2. The Labute approximate surface area is 98.9 Å². The Morgan fingerprint density at radius 3 is 2.81 bits per heavy atom. The number of hydrogen-bond donors (Lipinski definition) is 2. The van der Waals surface area contributed by atoms with Crippen LogP contribution in [0.2, 0.25) is 5.02 Å². The molecule has 0 aliphatic carbocycles. The van der Waals surface area contributed by atoms with Gasteiger partial charge in [0.15, 0.2) is 0 Å². The van der Waals surface area contributed by atoms with Crippen LogP contribution in [0.4, 0.5) is 0 Å². The van der Waals surface area contributed by atoms with Crippen LogP contribution in [0, 0.1) is 5.92 Å². The van der Waals surface area contributed by atoms with Crippen LogP contribution in [-0.2, 0) is 0 Å². The quantitative estimate of drug-likeness (QED) is 0.630. The average Bonchev–Trinajstić information content (AvgIpc) is 2.16. The van der Waals surface area contributed by atoms with Gasteiger partial charge in [0.2, 0.25) is 0 Å². The third-order valence-electron chi connectivity index (χ3n) is 1.74. The zero-order valence-electron chi connectivity index (χ0n) is 9.07. The van der Waals surface area contributed by atoms with E-state index in [1.807, 2.05) is 13.8 Å². The molecule has 0 fully saturated rings. The van der Waals surface area contributed by atoms with Crippen LogP contribution in [-0.4, -0.2) is 17.2 Å².